The second kappa shape index (κ2) is 8.64. The molecule has 0 saturated carbocycles. The lowest BCUT2D eigenvalue weighted by atomic mass is 10.2. The first-order valence-electron chi connectivity index (χ1n) is 6.17. The summed E-state index contributed by atoms with van der Waals surface area (Å²) in [5.41, 5.74) is 1.43. The van der Waals surface area contributed by atoms with Crippen LogP contribution in [-0.2, 0) is 0 Å². The highest BCUT2D eigenvalue weighted by Gasteiger charge is 2.11. The minimum absolute atomic E-state index is 0.0336. The van der Waals surface area contributed by atoms with Crippen LogP contribution in [0, 0.1) is 12.8 Å². The number of nitrogens with zero attached hydrogens (tertiary/aromatic N) is 2. The van der Waals surface area contributed by atoms with Crippen LogP contribution in [0.2, 0.25) is 0 Å². The summed E-state index contributed by atoms with van der Waals surface area (Å²) < 4.78 is 0. The Morgan fingerprint density at radius 2 is 1.94 bits per heavy atom. The highest BCUT2D eigenvalue weighted by molar-refractivity contribution is 5.92. The lowest BCUT2D eigenvalue weighted by molar-refractivity contribution is 0.0761. The molecule has 0 aliphatic heterocycles. The quantitative estimate of drug-likeness (QED) is 0.896. The molecule has 1 heterocycles. The number of aliphatic hydroxyl groups excluding tert-OH is 1. The fourth-order valence-corrected chi connectivity index (χ4v) is 1.04. The summed E-state index contributed by atoms with van der Waals surface area (Å²) in [4.78, 5) is 17.0. The van der Waals surface area contributed by atoms with Crippen molar-refractivity contribution in [3.05, 3.63) is 29.6 Å². The smallest absolute Gasteiger partial charge is 0.272 e. The van der Waals surface area contributed by atoms with E-state index in [1.807, 2.05) is 13.0 Å². The van der Waals surface area contributed by atoms with E-state index in [1.54, 1.807) is 19.3 Å². The van der Waals surface area contributed by atoms with Gasteiger partial charge in [-0.2, -0.15) is 0 Å². The van der Waals surface area contributed by atoms with E-state index in [2.05, 4.69) is 25.8 Å². The summed E-state index contributed by atoms with van der Waals surface area (Å²) in [6, 6.07) is 3.53. The maximum absolute atomic E-state index is 11.6. The monoisotopic (exact) mass is 252 g/mol. The third-order valence-corrected chi connectivity index (χ3v) is 1.91. The first-order valence-corrected chi connectivity index (χ1v) is 6.17. The molecule has 0 aromatic carbocycles. The number of hydrogen-bond donors (Lipinski definition) is 1. The van der Waals surface area contributed by atoms with Crippen molar-refractivity contribution in [2.24, 2.45) is 5.92 Å². The van der Waals surface area contributed by atoms with Crippen LogP contribution in [0.15, 0.2) is 18.3 Å². The Morgan fingerprint density at radius 3 is 2.33 bits per heavy atom. The summed E-state index contributed by atoms with van der Waals surface area (Å²) in [6.07, 6.45) is 1.65. The average molecular weight is 252 g/mol. The first-order chi connectivity index (χ1) is 8.38. The molecule has 0 atom stereocenters. The number of amides is 1. The van der Waals surface area contributed by atoms with Crippen molar-refractivity contribution in [2.75, 3.05) is 20.2 Å². The number of aromatic nitrogens is 1. The molecule has 0 aliphatic rings. The maximum atomic E-state index is 11.6. The number of aliphatic hydroxyl groups is 1. The highest BCUT2D eigenvalue weighted by Crippen LogP contribution is 2.01. The number of rotatable bonds is 3. The molecule has 1 aromatic rings. The highest BCUT2D eigenvalue weighted by atomic mass is 16.3. The lowest BCUT2D eigenvalue weighted by Crippen LogP contribution is -2.30. The first kappa shape index (κ1) is 16.6. The van der Waals surface area contributed by atoms with Gasteiger partial charge in [-0.05, 0) is 24.5 Å². The van der Waals surface area contributed by atoms with Gasteiger partial charge in [-0.15, -0.1) is 0 Å². The Morgan fingerprint density at radius 1 is 1.39 bits per heavy atom. The van der Waals surface area contributed by atoms with E-state index in [1.165, 1.54) is 4.90 Å². The molecule has 1 rings (SSSR count). The van der Waals surface area contributed by atoms with Crippen molar-refractivity contribution in [3.8, 4) is 0 Å². The molecule has 0 unspecified atom stereocenters. The number of pyridine rings is 1. The van der Waals surface area contributed by atoms with Crippen molar-refractivity contribution in [1.82, 2.24) is 9.88 Å². The van der Waals surface area contributed by atoms with Gasteiger partial charge in [0.15, 0.2) is 0 Å². The van der Waals surface area contributed by atoms with Crippen molar-refractivity contribution >= 4 is 5.91 Å². The van der Waals surface area contributed by atoms with Crippen LogP contribution >= 0.6 is 0 Å². The number of hydrogen-bond acceptors (Lipinski definition) is 3. The van der Waals surface area contributed by atoms with E-state index >= 15 is 0 Å². The van der Waals surface area contributed by atoms with Gasteiger partial charge in [-0.3, -0.25) is 9.78 Å². The van der Waals surface area contributed by atoms with Gasteiger partial charge in [0.2, 0.25) is 0 Å². The molecule has 0 saturated heterocycles. The second-order valence-corrected chi connectivity index (χ2v) is 4.90. The van der Waals surface area contributed by atoms with Gasteiger partial charge in [0.25, 0.3) is 5.91 Å². The van der Waals surface area contributed by atoms with Crippen molar-refractivity contribution in [3.63, 3.8) is 0 Å². The minimum atomic E-state index is -0.168. The van der Waals surface area contributed by atoms with E-state index in [0.29, 0.717) is 12.2 Å². The van der Waals surface area contributed by atoms with E-state index in [0.717, 1.165) is 11.5 Å². The molecular weight excluding hydrogens is 228 g/mol. The van der Waals surface area contributed by atoms with Gasteiger partial charge in [0, 0.05) is 19.8 Å². The third kappa shape index (κ3) is 7.01. The standard InChI is InChI=1S/C10H14N2O2.C4H10/c1-8-3-4-9(11-7-8)10(14)12(2)5-6-13;1-4(2)3/h3-4,7,13H,5-6H2,1-2H3;4H,1-3H3. The van der Waals surface area contributed by atoms with Crippen LogP contribution in [0.4, 0.5) is 0 Å². The lowest BCUT2D eigenvalue weighted by Gasteiger charge is -2.14. The van der Waals surface area contributed by atoms with Gasteiger partial charge >= 0.3 is 0 Å². The zero-order valence-corrected chi connectivity index (χ0v) is 12.0. The topological polar surface area (TPSA) is 53.4 Å². The van der Waals surface area contributed by atoms with Crippen LogP contribution in [-0.4, -0.2) is 41.1 Å². The molecule has 4 nitrogen and oxygen atoms in total. The normalized spacial score (nSPS) is 9.72. The Kier molecular flexibility index (Phi) is 7.96. The molecule has 1 N–H and O–H groups in total. The van der Waals surface area contributed by atoms with Crippen LogP contribution in [0.25, 0.3) is 0 Å². The predicted octanol–water partition coefficient (Wildman–Crippen LogP) is 2.12. The van der Waals surface area contributed by atoms with Crippen LogP contribution in [0.1, 0.15) is 36.8 Å². The molecule has 102 valence electrons. The van der Waals surface area contributed by atoms with Gasteiger partial charge in [-0.25, -0.2) is 0 Å². The maximum Gasteiger partial charge on any atom is 0.272 e. The Balaban J connectivity index is 0.000000631. The number of carbonyl (C=O) groups is 1. The molecule has 4 heteroatoms. The minimum Gasteiger partial charge on any atom is -0.395 e. The van der Waals surface area contributed by atoms with Gasteiger partial charge in [0.1, 0.15) is 5.69 Å². The zero-order valence-electron chi connectivity index (χ0n) is 12.0. The molecular formula is C14H24N2O2. The second-order valence-electron chi connectivity index (χ2n) is 4.90. The SMILES string of the molecule is CC(C)C.Cc1ccc(C(=O)N(C)CCO)nc1. The molecule has 0 aliphatic carbocycles. The molecule has 1 amide bonds. The molecule has 18 heavy (non-hydrogen) atoms. The Hall–Kier alpha value is -1.42. The van der Waals surface area contributed by atoms with Crippen molar-refractivity contribution < 1.29 is 9.90 Å². The van der Waals surface area contributed by atoms with Crippen LogP contribution < -0.4 is 0 Å². The fourth-order valence-electron chi connectivity index (χ4n) is 1.04. The summed E-state index contributed by atoms with van der Waals surface area (Å²) >= 11 is 0. The summed E-state index contributed by atoms with van der Waals surface area (Å²) in [6.45, 7) is 8.71. The van der Waals surface area contributed by atoms with Crippen LogP contribution in [0.3, 0.4) is 0 Å². The zero-order chi connectivity index (χ0) is 14.1. The summed E-state index contributed by atoms with van der Waals surface area (Å²) in [7, 11) is 1.64. The van der Waals surface area contributed by atoms with Crippen molar-refractivity contribution in [2.45, 2.75) is 27.7 Å². The van der Waals surface area contributed by atoms with E-state index < -0.39 is 0 Å². The number of carbonyl (C=O) groups excluding carboxylic acids is 1. The number of likely N-dealkylation sites (N-methyl/N-ethyl adjacent to an activating group) is 1. The summed E-state index contributed by atoms with van der Waals surface area (Å²) in [5.74, 6) is 0.666. The molecule has 0 radical (unpaired) electrons. The summed E-state index contributed by atoms with van der Waals surface area (Å²) in [5, 5.41) is 8.66. The Labute approximate surface area is 110 Å². The average Bonchev–Trinajstić information content (AvgIpc) is 2.28. The van der Waals surface area contributed by atoms with E-state index in [-0.39, 0.29) is 12.5 Å². The molecule has 0 fully saturated rings. The third-order valence-electron chi connectivity index (χ3n) is 1.91. The Bertz CT molecular complexity index is 345. The van der Waals surface area contributed by atoms with E-state index in [9.17, 15) is 4.79 Å². The molecule has 0 spiro atoms. The number of aryl methyl sites for hydroxylation is 1. The van der Waals surface area contributed by atoms with Gasteiger partial charge in [0.05, 0.1) is 6.61 Å². The van der Waals surface area contributed by atoms with Gasteiger partial charge in [-0.1, -0.05) is 26.8 Å². The van der Waals surface area contributed by atoms with Crippen LogP contribution in [0.5, 0.6) is 0 Å². The largest absolute Gasteiger partial charge is 0.395 e. The molecule has 0 bridgehead atoms. The van der Waals surface area contributed by atoms with Crippen molar-refractivity contribution in [1.29, 1.82) is 0 Å². The van der Waals surface area contributed by atoms with E-state index in [4.69, 9.17) is 5.11 Å². The predicted molar refractivity (Wildman–Crippen MR) is 73.5 cm³/mol. The van der Waals surface area contributed by atoms with Gasteiger partial charge < -0.3 is 10.0 Å². The fraction of sp³-hybridized carbons (Fsp3) is 0.571. The molecule has 1 aromatic heterocycles.